The Morgan fingerprint density at radius 1 is 1.35 bits per heavy atom. The third kappa shape index (κ3) is 4.21. The molecule has 0 spiro atoms. The van der Waals surface area contributed by atoms with Crippen LogP contribution in [0.15, 0.2) is 50.0 Å². The molecule has 20 heavy (non-hydrogen) atoms. The van der Waals surface area contributed by atoms with E-state index < -0.39 is 0 Å². The molecule has 2 rings (SSSR count). The minimum absolute atomic E-state index is 0.0786. The van der Waals surface area contributed by atoms with E-state index in [9.17, 15) is 4.79 Å². The van der Waals surface area contributed by atoms with Crippen molar-refractivity contribution >= 4 is 37.8 Å². The van der Waals surface area contributed by atoms with Crippen molar-refractivity contribution < 1.29 is 9.21 Å². The normalized spacial score (nSPS) is 12.2. The maximum atomic E-state index is 12.2. The van der Waals surface area contributed by atoms with E-state index in [1.165, 1.54) is 0 Å². The second-order valence-corrected chi connectivity index (χ2v) is 6.39. The van der Waals surface area contributed by atoms with E-state index in [4.69, 9.17) is 4.42 Å². The van der Waals surface area contributed by atoms with E-state index >= 15 is 0 Å². The third-order valence-corrected chi connectivity index (χ3v) is 4.14. The van der Waals surface area contributed by atoms with Crippen LogP contribution in [0.25, 0.3) is 0 Å². The SMILES string of the molecule is CC(CCc1ccco1)NC(=O)c1cc(Br)ccc1Br. The number of halogens is 2. The molecule has 1 aromatic carbocycles. The van der Waals surface area contributed by atoms with Gasteiger partial charge in [-0.25, -0.2) is 0 Å². The van der Waals surface area contributed by atoms with Gasteiger partial charge in [0, 0.05) is 21.4 Å². The van der Waals surface area contributed by atoms with Crippen LogP contribution in [-0.2, 0) is 6.42 Å². The Kier molecular flexibility index (Phi) is 5.43. The largest absolute Gasteiger partial charge is 0.469 e. The van der Waals surface area contributed by atoms with E-state index in [2.05, 4.69) is 37.2 Å². The molecular formula is C15H15Br2NO2. The van der Waals surface area contributed by atoms with Crippen molar-refractivity contribution in [1.29, 1.82) is 0 Å². The lowest BCUT2D eigenvalue weighted by Crippen LogP contribution is -2.33. The Morgan fingerprint density at radius 3 is 2.85 bits per heavy atom. The monoisotopic (exact) mass is 399 g/mol. The molecule has 2 aromatic rings. The van der Waals surface area contributed by atoms with Crippen LogP contribution in [0.2, 0.25) is 0 Å². The molecule has 1 unspecified atom stereocenters. The summed E-state index contributed by atoms with van der Waals surface area (Å²) in [5.41, 5.74) is 0.629. The summed E-state index contributed by atoms with van der Waals surface area (Å²) in [5.74, 6) is 0.861. The molecule has 0 saturated heterocycles. The van der Waals surface area contributed by atoms with Crippen LogP contribution < -0.4 is 5.32 Å². The highest BCUT2D eigenvalue weighted by molar-refractivity contribution is 9.11. The summed E-state index contributed by atoms with van der Waals surface area (Å²) in [6.07, 6.45) is 3.32. The minimum Gasteiger partial charge on any atom is -0.469 e. The van der Waals surface area contributed by atoms with Crippen LogP contribution in [0.1, 0.15) is 29.5 Å². The first-order chi connectivity index (χ1) is 9.56. The minimum atomic E-state index is -0.0786. The average molecular weight is 401 g/mol. The van der Waals surface area contributed by atoms with Crippen molar-refractivity contribution in [2.24, 2.45) is 0 Å². The van der Waals surface area contributed by atoms with Crippen LogP contribution in [-0.4, -0.2) is 11.9 Å². The van der Waals surface area contributed by atoms with Crippen LogP contribution in [0.4, 0.5) is 0 Å². The van der Waals surface area contributed by atoms with E-state index in [1.807, 2.05) is 31.2 Å². The van der Waals surface area contributed by atoms with Gasteiger partial charge in [-0.05, 0) is 59.6 Å². The molecule has 106 valence electrons. The zero-order valence-corrected chi connectivity index (χ0v) is 14.2. The van der Waals surface area contributed by atoms with Gasteiger partial charge in [-0.3, -0.25) is 4.79 Å². The molecular weight excluding hydrogens is 386 g/mol. The fourth-order valence-corrected chi connectivity index (χ4v) is 2.65. The lowest BCUT2D eigenvalue weighted by atomic mass is 10.1. The third-order valence-electron chi connectivity index (χ3n) is 2.95. The number of benzene rings is 1. The van der Waals surface area contributed by atoms with Crippen LogP contribution in [0, 0.1) is 0 Å². The second-order valence-electron chi connectivity index (χ2n) is 4.62. The summed E-state index contributed by atoms with van der Waals surface area (Å²) >= 11 is 6.77. The van der Waals surface area contributed by atoms with Gasteiger partial charge in [0.2, 0.25) is 0 Å². The first kappa shape index (κ1) is 15.3. The second kappa shape index (κ2) is 7.09. The van der Waals surface area contributed by atoms with Gasteiger partial charge in [-0.15, -0.1) is 0 Å². The van der Waals surface area contributed by atoms with Gasteiger partial charge in [-0.1, -0.05) is 15.9 Å². The fourth-order valence-electron chi connectivity index (χ4n) is 1.86. The summed E-state index contributed by atoms with van der Waals surface area (Å²) in [5, 5.41) is 3.00. The Labute approximate surface area is 135 Å². The zero-order valence-electron chi connectivity index (χ0n) is 11.0. The summed E-state index contributed by atoms with van der Waals surface area (Å²) in [6.45, 7) is 1.99. The molecule has 3 nitrogen and oxygen atoms in total. The molecule has 0 aliphatic heterocycles. The summed E-state index contributed by atoms with van der Waals surface area (Å²) in [7, 11) is 0. The molecule has 0 saturated carbocycles. The lowest BCUT2D eigenvalue weighted by molar-refractivity contribution is 0.0937. The number of aryl methyl sites for hydroxylation is 1. The summed E-state index contributed by atoms with van der Waals surface area (Å²) < 4.78 is 6.95. The van der Waals surface area contributed by atoms with Crippen molar-refractivity contribution in [3.8, 4) is 0 Å². The Morgan fingerprint density at radius 2 is 2.15 bits per heavy atom. The van der Waals surface area contributed by atoms with Crippen molar-refractivity contribution in [2.45, 2.75) is 25.8 Å². The summed E-state index contributed by atoms with van der Waals surface area (Å²) in [4.78, 5) is 12.2. The molecule has 1 aromatic heterocycles. The van der Waals surface area contributed by atoms with Crippen LogP contribution in [0.5, 0.6) is 0 Å². The highest BCUT2D eigenvalue weighted by atomic mass is 79.9. The van der Waals surface area contributed by atoms with Gasteiger partial charge >= 0.3 is 0 Å². The number of nitrogens with one attached hydrogen (secondary N) is 1. The molecule has 0 aliphatic rings. The van der Waals surface area contributed by atoms with Crippen molar-refractivity contribution in [1.82, 2.24) is 5.32 Å². The van der Waals surface area contributed by atoms with Crippen molar-refractivity contribution in [2.75, 3.05) is 0 Å². The summed E-state index contributed by atoms with van der Waals surface area (Å²) in [6, 6.07) is 9.45. The predicted molar refractivity (Wildman–Crippen MR) is 85.8 cm³/mol. The number of hydrogen-bond acceptors (Lipinski definition) is 2. The first-order valence-corrected chi connectivity index (χ1v) is 7.93. The predicted octanol–water partition coefficient (Wildman–Crippen LogP) is 4.56. The Balaban J connectivity index is 1.91. The van der Waals surface area contributed by atoms with Crippen LogP contribution >= 0.6 is 31.9 Å². The van der Waals surface area contributed by atoms with Gasteiger partial charge in [0.15, 0.2) is 0 Å². The van der Waals surface area contributed by atoms with E-state index in [0.717, 1.165) is 27.5 Å². The molecule has 5 heteroatoms. The zero-order chi connectivity index (χ0) is 14.5. The molecule has 0 radical (unpaired) electrons. The van der Waals surface area contributed by atoms with Crippen molar-refractivity contribution in [3.63, 3.8) is 0 Å². The maximum absolute atomic E-state index is 12.2. The van der Waals surface area contributed by atoms with E-state index in [-0.39, 0.29) is 11.9 Å². The van der Waals surface area contributed by atoms with Gasteiger partial charge < -0.3 is 9.73 Å². The number of hydrogen-bond donors (Lipinski definition) is 1. The topological polar surface area (TPSA) is 42.2 Å². The number of carbonyl (C=O) groups excluding carboxylic acids is 1. The quantitative estimate of drug-likeness (QED) is 0.799. The van der Waals surface area contributed by atoms with E-state index in [1.54, 1.807) is 12.3 Å². The molecule has 0 aliphatic carbocycles. The smallest absolute Gasteiger partial charge is 0.252 e. The number of furan rings is 1. The highest BCUT2D eigenvalue weighted by Gasteiger charge is 2.13. The van der Waals surface area contributed by atoms with Crippen LogP contribution in [0.3, 0.4) is 0 Å². The van der Waals surface area contributed by atoms with Gasteiger partial charge in [0.25, 0.3) is 5.91 Å². The van der Waals surface area contributed by atoms with Gasteiger partial charge in [0.1, 0.15) is 5.76 Å². The van der Waals surface area contributed by atoms with Gasteiger partial charge in [-0.2, -0.15) is 0 Å². The molecule has 1 atom stereocenters. The molecule has 0 bridgehead atoms. The number of carbonyl (C=O) groups is 1. The fraction of sp³-hybridized carbons (Fsp3) is 0.267. The lowest BCUT2D eigenvalue weighted by Gasteiger charge is -2.14. The Bertz CT molecular complexity index is 582. The molecule has 1 amide bonds. The molecule has 0 fully saturated rings. The maximum Gasteiger partial charge on any atom is 0.252 e. The van der Waals surface area contributed by atoms with Gasteiger partial charge in [0.05, 0.1) is 11.8 Å². The molecule has 1 N–H and O–H groups in total. The number of rotatable bonds is 5. The van der Waals surface area contributed by atoms with E-state index in [0.29, 0.717) is 5.56 Å². The Hall–Kier alpha value is -1.07. The standard InChI is InChI=1S/C15H15Br2NO2/c1-10(4-6-12-3-2-8-20-12)18-15(19)13-9-11(16)5-7-14(13)17/h2-3,5,7-10H,4,6H2,1H3,(H,18,19). The highest BCUT2D eigenvalue weighted by Crippen LogP contribution is 2.21. The number of amides is 1. The van der Waals surface area contributed by atoms with Crippen molar-refractivity contribution in [3.05, 3.63) is 56.9 Å². The average Bonchev–Trinajstić information content (AvgIpc) is 2.92. The molecule has 1 heterocycles. The first-order valence-electron chi connectivity index (χ1n) is 6.34.